The van der Waals surface area contributed by atoms with Crippen molar-refractivity contribution < 1.29 is 4.79 Å². The molecule has 0 saturated carbocycles. The number of benzene rings is 2. The quantitative estimate of drug-likeness (QED) is 0.536. The Balaban J connectivity index is 1.73. The summed E-state index contributed by atoms with van der Waals surface area (Å²) in [6, 6.07) is 15.9. The first-order valence-electron chi connectivity index (χ1n) is 6.75. The SMILES string of the molecule is O=C(Cc1ccc(Br)c2ccccc12)NN=Cc1cccs1. The Kier molecular flexibility index (Phi) is 4.65. The third-order valence-corrected chi connectivity index (χ3v) is 4.73. The number of rotatable bonds is 4. The lowest BCUT2D eigenvalue weighted by atomic mass is 10.0. The van der Waals surface area contributed by atoms with Gasteiger partial charge in [0.05, 0.1) is 12.6 Å². The van der Waals surface area contributed by atoms with Crippen LogP contribution in [-0.4, -0.2) is 12.1 Å². The maximum atomic E-state index is 12.0. The van der Waals surface area contributed by atoms with Crippen molar-refractivity contribution in [3.63, 3.8) is 0 Å². The summed E-state index contributed by atoms with van der Waals surface area (Å²) in [4.78, 5) is 13.0. The second kappa shape index (κ2) is 6.85. The molecule has 3 nitrogen and oxygen atoms in total. The van der Waals surface area contributed by atoms with E-state index >= 15 is 0 Å². The molecule has 0 spiro atoms. The third-order valence-electron chi connectivity index (χ3n) is 3.24. The van der Waals surface area contributed by atoms with Gasteiger partial charge in [-0.1, -0.05) is 52.3 Å². The van der Waals surface area contributed by atoms with Gasteiger partial charge < -0.3 is 0 Å². The molecule has 0 atom stereocenters. The van der Waals surface area contributed by atoms with Crippen LogP contribution >= 0.6 is 27.3 Å². The standard InChI is InChI=1S/C17H13BrN2OS/c18-16-8-7-12(14-5-1-2-6-15(14)16)10-17(21)20-19-11-13-4-3-9-22-13/h1-9,11H,10H2,(H,20,21). The van der Waals surface area contributed by atoms with Gasteiger partial charge in [-0.3, -0.25) is 4.79 Å². The number of hydrogen-bond acceptors (Lipinski definition) is 3. The maximum Gasteiger partial charge on any atom is 0.244 e. The molecule has 22 heavy (non-hydrogen) atoms. The van der Waals surface area contributed by atoms with E-state index in [1.807, 2.05) is 53.9 Å². The molecule has 0 saturated heterocycles. The predicted octanol–water partition coefficient (Wildman–Crippen LogP) is 4.36. The van der Waals surface area contributed by atoms with Crippen molar-refractivity contribution in [3.8, 4) is 0 Å². The average Bonchev–Trinajstić information content (AvgIpc) is 3.04. The summed E-state index contributed by atoms with van der Waals surface area (Å²) in [5, 5.41) is 8.14. The van der Waals surface area contributed by atoms with E-state index < -0.39 is 0 Å². The molecular formula is C17H13BrN2OS. The molecule has 0 aliphatic carbocycles. The van der Waals surface area contributed by atoms with E-state index in [0.717, 1.165) is 25.7 Å². The number of carbonyl (C=O) groups excluding carboxylic acids is 1. The fourth-order valence-electron chi connectivity index (χ4n) is 2.22. The van der Waals surface area contributed by atoms with Crippen LogP contribution in [0.2, 0.25) is 0 Å². The van der Waals surface area contributed by atoms with Gasteiger partial charge in [0.1, 0.15) is 0 Å². The van der Waals surface area contributed by atoms with Crippen LogP contribution in [0.25, 0.3) is 10.8 Å². The fourth-order valence-corrected chi connectivity index (χ4v) is 3.29. The Morgan fingerprint density at radius 1 is 1.14 bits per heavy atom. The van der Waals surface area contributed by atoms with Crippen LogP contribution < -0.4 is 5.43 Å². The van der Waals surface area contributed by atoms with Gasteiger partial charge in [0.15, 0.2) is 0 Å². The van der Waals surface area contributed by atoms with E-state index in [1.165, 1.54) is 0 Å². The normalized spacial score (nSPS) is 11.1. The molecule has 2 aromatic carbocycles. The molecule has 0 fully saturated rings. The van der Waals surface area contributed by atoms with Gasteiger partial charge in [0.2, 0.25) is 5.91 Å². The first-order valence-corrected chi connectivity index (χ1v) is 8.43. The highest BCUT2D eigenvalue weighted by Gasteiger charge is 2.08. The molecule has 1 amide bonds. The number of halogens is 1. The highest BCUT2D eigenvalue weighted by Crippen LogP contribution is 2.27. The largest absolute Gasteiger partial charge is 0.273 e. The van der Waals surface area contributed by atoms with Crippen molar-refractivity contribution >= 4 is 50.2 Å². The topological polar surface area (TPSA) is 41.5 Å². The van der Waals surface area contributed by atoms with Crippen molar-refractivity contribution in [1.82, 2.24) is 5.43 Å². The molecule has 110 valence electrons. The van der Waals surface area contributed by atoms with E-state index in [9.17, 15) is 4.79 Å². The Hall–Kier alpha value is -1.98. The fraction of sp³-hybridized carbons (Fsp3) is 0.0588. The monoisotopic (exact) mass is 372 g/mol. The lowest BCUT2D eigenvalue weighted by Crippen LogP contribution is -2.19. The van der Waals surface area contributed by atoms with Gasteiger partial charge in [-0.25, -0.2) is 5.43 Å². The van der Waals surface area contributed by atoms with E-state index in [1.54, 1.807) is 17.6 Å². The summed E-state index contributed by atoms with van der Waals surface area (Å²) in [6.45, 7) is 0. The Bertz CT molecular complexity index is 828. The molecule has 1 aromatic heterocycles. The number of carbonyl (C=O) groups is 1. The Morgan fingerprint density at radius 2 is 1.95 bits per heavy atom. The van der Waals surface area contributed by atoms with Crippen molar-refractivity contribution in [2.24, 2.45) is 5.10 Å². The Morgan fingerprint density at radius 3 is 2.73 bits per heavy atom. The summed E-state index contributed by atoms with van der Waals surface area (Å²) >= 11 is 5.11. The number of thiophene rings is 1. The van der Waals surface area contributed by atoms with Crippen LogP contribution in [-0.2, 0) is 11.2 Å². The van der Waals surface area contributed by atoms with E-state index in [4.69, 9.17) is 0 Å². The molecule has 0 bridgehead atoms. The van der Waals surface area contributed by atoms with Gasteiger partial charge in [-0.2, -0.15) is 5.10 Å². The van der Waals surface area contributed by atoms with Crippen molar-refractivity contribution in [1.29, 1.82) is 0 Å². The summed E-state index contributed by atoms with van der Waals surface area (Å²) < 4.78 is 1.03. The molecule has 3 aromatic rings. The van der Waals surface area contributed by atoms with E-state index in [-0.39, 0.29) is 5.91 Å². The first-order chi connectivity index (χ1) is 10.7. The van der Waals surface area contributed by atoms with Crippen molar-refractivity contribution in [2.75, 3.05) is 0 Å². The minimum absolute atomic E-state index is 0.125. The Labute approximate surface area is 140 Å². The smallest absolute Gasteiger partial charge is 0.244 e. The number of nitrogens with one attached hydrogen (secondary N) is 1. The lowest BCUT2D eigenvalue weighted by Gasteiger charge is -2.07. The van der Waals surface area contributed by atoms with E-state index in [0.29, 0.717) is 6.42 Å². The van der Waals surface area contributed by atoms with Gasteiger partial charge in [-0.15, -0.1) is 11.3 Å². The summed E-state index contributed by atoms with van der Waals surface area (Å²) in [5.74, 6) is -0.125. The van der Waals surface area contributed by atoms with Crippen LogP contribution in [0.15, 0.2) is 63.5 Å². The lowest BCUT2D eigenvalue weighted by molar-refractivity contribution is -0.120. The molecule has 3 rings (SSSR count). The van der Waals surface area contributed by atoms with Crippen LogP contribution in [0.4, 0.5) is 0 Å². The van der Waals surface area contributed by atoms with Crippen LogP contribution in [0.5, 0.6) is 0 Å². The zero-order valence-corrected chi connectivity index (χ0v) is 14.0. The van der Waals surface area contributed by atoms with Gasteiger partial charge >= 0.3 is 0 Å². The van der Waals surface area contributed by atoms with Crippen LogP contribution in [0.1, 0.15) is 10.4 Å². The molecule has 0 radical (unpaired) electrons. The average molecular weight is 373 g/mol. The van der Waals surface area contributed by atoms with Crippen LogP contribution in [0.3, 0.4) is 0 Å². The van der Waals surface area contributed by atoms with Crippen molar-refractivity contribution in [2.45, 2.75) is 6.42 Å². The highest BCUT2D eigenvalue weighted by atomic mass is 79.9. The zero-order chi connectivity index (χ0) is 15.4. The molecule has 1 N–H and O–H groups in total. The first kappa shape index (κ1) is 14.9. The van der Waals surface area contributed by atoms with Gasteiger partial charge in [0.25, 0.3) is 0 Å². The number of fused-ring (bicyclic) bond motifs is 1. The summed E-state index contributed by atoms with van der Waals surface area (Å²) in [5.41, 5.74) is 3.56. The number of hydrogen-bond donors (Lipinski definition) is 1. The third kappa shape index (κ3) is 3.43. The predicted molar refractivity (Wildman–Crippen MR) is 95.4 cm³/mol. The van der Waals surface area contributed by atoms with Crippen LogP contribution in [0, 0.1) is 0 Å². The molecular weight excluding hydrogens is 360 g/mol. The highest BCUT2D eigenvalue weighted by molar-refractivity contribution is 9.10. The number of amides is 1. The second-order valence-corrected chi connectivity index (χ2v) is 6.57. The molecule has 0 unspecified atom stereocenters. The number of hydrazone groups is 1. The maximum absolute atomic E-state index is 12.0. The zero-order valence-electron chi connectivity index (χ0n) is 11.6. The minimum Gasteiger partial charge on any atom is -0.273 e. The molecule has 0 aliphatic heterocycles. The minimum atomic E-state index is -0.125. The summed E-state index contributed by atoms with van der Waals surface area (Å²) in [7, 11) is 0. The van der Waals surface area contributed by atoms with E-state index in [2.05, 4.69) is 26.5 Å². The van der Waals surface area contributed by atoms with Crippen molar-refractivity contribution in [3.05, 3.63) is 68.8 Å². The van der Waals surface area contributed by atoms with Gasteiger partial charge in [0, 0.05) is 9.35 Å². The molecule has 1 heterocycles. The number of nitrogens with zero attached hydrogens (tertiary/aromatic N) is 1. The molecule has 0 aliphatic rings. The summed E-state index contributed by atoms with van der Waals surface area (Å²) in [6.07, 6.45) is 1.96. The second-order valence-electron chi connectivity index (χ2n) is 4.74. The van der Waals surface area contributed by atoms with Gasteiger partial charge in [-0.05, 0) is 33.8 Å². The molecule has 5 heteroatoms.